The summed E-state index contributed by atoms with van der Waals surface area (Å²) in [5.74, 6) is 0.994. The summed E-state index contributed by atoms with van der Waals surface area (Å²) in [6.45, 7) is 2.04. The number of piperidine rings is 1. The fraction of sp³-hybridized carbons (Fsp3) is 0.571. The van der Waals surface area contributed by atoms with Gasteiger partial charge in [-0.15, -0.1) is 0 Å². The molecule has 0 spiro atoms. The molecule has 1 saturated carbocycles. The van der Waals surface area contributed by atoms with Gasteiger partial charge in [-0.05, 0) is 69.3 Å². The zero-order valence-corrected chi connectivity index (χ0v) is 17.1. The van der Waals surface area contributed by atoms with Crippen molar-refractivity contribution in [3.05, 3.63) is 29.2 Å². The van der Waals surface area contributed by atoms with Gasteiger partial charge in [-0.25, -0.2) is 4.21 Å². The van der Waals surface area contributed by atoms with E-state index in [1.807, 2.05) is 35.4 Å². The van der Waals surface area contributed by atoms with E-state index in [0.717, 1.165) is 48.9 Å². The van der Waals surface area contributed by atoms with E-state index in [9.17, 15) is 9.00 Å². The SMILES string of the molecule is CN(C)CC(=O)N1CCC(Nc2cccc3c2S(=O)C=C3CC2CC2)CC1. The number of allylic oxidation sites excluding steroid dienone is 1. The van der Waals surface area contributed by atoms with E-state index in [0.29, 0.717) is 12.6 Å². The normalized spacial score (nSPS) is 22.7. The average Bonchev–Trinajstić information content (AvgIpc) is 3.39. The third-order valence-electron chi connectivity index (χ3n) is 5.68. The molecule has 3 aliphatic rings. The number of nitrogens with one attached hydrogen (secondary N) is 1. The molecular weight excluding hydrogens is 358 g/mol. The van der Waals surface area contributed by atoms with Gasteiger partial charge in [0.15, 0.2) is 0 Å². The number of likely N-dealkylation sites (N-methyl/N-ethyl adjacent to an activating group) is 1. The number of hydrogen-bond donors (Lipinski definition) is 1. The van der Waals surface area contributed by atoms with Crippen LogP contribution in [-0.2, 0) is 15.6 Å². The summed E-state index contributed by atoms with van der Waals surface area (Å²) in [6, 6.07) is 6.56. The summed E-state index contributed by atoms with van der Waals surface area (Å²) in [6.07, 6.45) is 5.54. The number of anilines is 1. The molecule has 2 fully saturated rings. The maximum Gasteiger partial charge on any atom is 0.236 e. The number of carbonyl (C=O) groups excluding carboxylic acids is 1. The second kappa shape index (κ2) is 7.76. The minimum atomic E-state index is -1.05. The fourth-order valence-electron chi connectivity index (χ4n) is 4.03. The second-order valence-electron chi connectivity index (χ2n) is 8.31. The van der Waals surface area contributed by atoms with E-state index in [1.54, 1.807) is 0 Å². The highest BCUT2D eigenvalue weighted by Gasteiger charge is 2.30. The first-order valence-corrected chi connectivity index (χ1v) is 11.2. The molecule has 1 aromatic rings. The smallest absolute Gasteiger partial charge is 0.236 e. The molecule has 1 N–H and O–H groups in total. The summed E-state index contributed by atoms with van der Waals surface area (Å²) in [5.41, 5.74) is 3.44. The molecule has 2 aliphatic heterocycles. The van der Waals surface area contributed by atoms with Crippen molar-refractivity contribution in [2.75, 3.05) is 39.0 Å². The van der Waals surface area contributed by atoms with Crippen molar-refractivity contribution < 1.29 is 9.00 Å². The Bertz CT molecular complexity index is 778. The van der Waals surface area contributed by atoms with Crippen LogP contribution >= 0.6 is 0 Å². The van der Waals surface area contributed by atoms with Crippen molar-refractivity contribution in [2.24, 2.45) is 5.92 Å². The lowest BCUT2D eigenvalue weighted by molar-refractivity contribution is -0.132. The van der Waals surface area contributed by atoms with Crippen molar-refractivity contribution in [3.63, 3.8) is 0 Å². The monoisotopic (exact) mass is 387 g/mol. The van der Waals surface area contributed by atoms with E-state index in [1.165, 1.54) is 24.0 Å². The van der Waals surface area contributed by atoms with Crippen LogP contribution in [-0.4, -0.2) is 59.7 Å². The van der Waals surface area contributed by atoms with E-state index in [4.69, 9.17) is 0 Å². The van der Waals surface area contributed by atoms with Gasteiger partial charge in [-0.3, -0.25) is 4.79 Å². The van der Waals surface area contributed by atoms with Crippen LogP contribution in [0, 0.1) is 5.92 Å². The summed E-state index contributed by atoms with van der Waals surface area (Å²) < 4.78 is 12.7. The van der Waals surface area contributed by atoms with Crippen molar-refractivity contribution in [1.29, 1.82) is 0 Å². The van der Waals surface area contributed by atoms with Gasteiger partial charge in [0.1, 0.15) is 0 Å². The minimum absolute atomic E-state index is 0.203. The van der Waals surface area contributed by atoms with Crippen molar-refractivity contribution in [1.82, 2.24) is 9.80 Å². The van der Waals surface area contributed by atoms with Gasteiger partial charge in [0, 0.05) is 24.5 Å². The molecule has 1 unspecified atom stereocenters. The van der Waals surface area contributed by atoms with Crippen LogP contribution in [0.15, 0.2) is 28.5 Å². The highest BCUT2D eigenvalue weighted by Crippen LogP contribution is 2.44. The first-order valence-electron chi connectivity index (χ1n) is 9.95. The Balaban J connectivity index is 1.40. The van der Waals surface area contributed by atoms with E-state index in [-0.39, 0.29) is 5.91 Å². The van der Waals surface area contributed by atoms with Gasteiger partial charge < -0.3 is 15.1 Å². The van der Waals surface area contributed by atoms with Gasteiger partial charge in [0.2, 0.25) is 5.91 Å². The number of likely N-dealkylation sites (tertiary alicyclic amines) is 1. The molecule has 0 bridgehead atoms. The fourth-order valence-corrected chi connectivity index (χ4v) is 5.39. The molecule has 1 saturated heterocycles. The Hall–Kier alpha value is -1.66. The first kappa shape index (κ1) is 18.7. The van der Waals surface area contributed by atoms with Gasteiger partial charge in [-0.1, -0.05) is 12.1 Å². The Morgan fingerprint density at radius 2 is 1.96 bits per heavy atom. The second-order valence-corrected chi connectivity index (χ2v) is 9.55. The zero-order valence-electron chi connectivity index (χ0n) is 16.2. The quantitative estimate of drug-likeness (QED) is 0.815. The number of amides is 1. The van der Waals surface area contributed by atoms with E-state index in [2.05, 4.69) is 17.4 Å². The Morgan fingerprint density at radius 3 is 2.63 bits per heavy atom. The molecule has 0 radical (unpaired) electrons. The number of rotatable bonds is 6. The molecule has 146 valence electrons. The van der Waals surface area contributed by atoms with Crippen LogP contribution < -0.4 is 5.32 Å². The predicted octanol–water partition coefficient (Wildman–Crippen LogP) is 2.91. The Labute approximate surface area is 164 Å². The van der Waals surface area contributed by atoms with Crippen LogP contribution in [0.5, 0.6) is 0 Å². The number of benzene rings is 1. The largest absolute Gasteiger partial charge is 0.381 e. The minimum Gasteiger partial charge on any atom is -0.381 e. The summed E-state index contributed by atoms with van der Waals surface area (Å²) in [7, 11) is 2.80. The van der Waals surface area contributed by atoms with Crippen molar-refractivity contribution in [2.45, 2.75) is 43.0 Å². The zero-order chi connectivity index (χ0) is 19.0. The number of nitrogens with zero attached hydrogens (tertiary/aromatic N) is 2. The highest BCUT2D eigenvalue weighted by atomic mass is 32.2. The number of carbonyl (C=O) groups is 1. The Morgan fingerprint density at radius 1 is 1.22 bits per heavy atom. The van der Waals surface area contributed by atoms with E-state index < -0.39 is 10.8 Å². The predicted molar refractivity (Wildman–Crippen MR) is 110 cm³/mol. The van der Waals surface area contributed by atoms with Crippen LogP contribution in [0.1, 0.15) is 37.7 Å². The summed E-state index contributed by atoms with van der Waals surface area (Å²) in [5, 5.41) is 5.58. The lowest BCUT2D eigenvalue weighted by atomic mass is 10.0. The van der Waals surface area contributed by atoms with Crippen molar-refractivity contribution >= 4 is 28.0 Å². The lowest BCUT2D eigenvalue weighted by Crippen LogP contribution is -2.45. The van der Waals surface area contributed by atoms with E-state index >= 15 is 0 Å². The maximum absolute atomic E-state index is 12.7. The number of hydrogen-bond acceptors (Lipinski definition) is 4. The molecular formula is C21H29N3O2S. The molecule has 4 rings (SSSR count). The van der Waals surface area contributed by atoms with Gasteiger partial charge in [-0.2, -0.15) is 0 Å². The van der Waals surface area contributed by atoms with Crippen LogP contribution in [0.3, 0.4) is 0 Å². The maximum atomic E-state index is 12.7. The van der Waals surface area contributed by atoms with Gasteiger partial charge >= 0.3 is 0 Å². The lowest BCUT2D eigenvalue weighted by Gasteiger charge is -2.33. The molecule has 2 heterocycles. The molecule has 27 heavy (non-hydrogen) atoms. The van der Waals surface area contributed by atoms with Crippen LogP contribution in [0.4, 0.5) is 5.69 Å². The van der Waals surface area contributed by atoms with Gasteiger partial charge in [0.25, 0.3) is 0 Å². The average molecular weight is 388 g/mol. The molecule has 1 aliphatic carbocycles. The van der Waals surface area contributed by atoms with Gasteiger partial charge in [0.05, 0.1) is 27.9 Å². The molecule has 1 atom stereocenters. The Kier molecular flexibility index (Phi) is 5.37. The molecule has 1 aromatic carbocycles. The molecule has 0 aromatic heterocycles. The standard InChI is InChI=1S/C21H29N3O2S/c1-23(2)13-20(25)24-10-8-17(9-11-24)22-19-5-3-4-18-16(12-15-6-7-15)14-27(26)21(18)19/h3-5,14-15,17,22H,6-13H2,1-2H3. The van der Waals surface area contributed by atoms with Crippen molar-refractivity contribution in [3.8, 4) is 0 Å². The number of fused-ring (bicyclic) bond motifs is 1. The van der Waals surface area contributed by atoms with Crippen LogP contribution in [0.25, 0.3) is 5.57 Å². The first-order chi connectivity index (χ1) is 13.0. The highest BCUT2D eigenvalue weighted by molar-refractivity contribution is 7.88. The molecule has 6 heteroatoms. The third-order valence-corrected chi connectivity index (χ3v) is 7.02. The third kappa shape index (κ3) is 4.27. The topological polar surface area (TPSA) is 52.7 Å². The molecule has 5 nitrogen and oxygen atoms in total. The summed E-state index contributed by atoms with van der Waals surface area (Å²) in [4.78, 5) is 17.1. The summed E-state index contributed by atoms with van der Waals surface area (Å²) >= 11 is 0. The molecule has 1 amide bonds. The van der Waals surface area contributed by atoms with Crippen LogP contribution in [0.2, 0.25) is 0 Å².